The second-order valence-corrected chi connectivity index (χ2v) is 1.56. The maximum Gasteiger partial charge on any atom is 0.339 e. The van der Waals surface area contributed by atoms with Crippen LogP contribution >= 0.6 is 0 Å². The van der Waals surface area contributed by atoms with Gasteiger partial charge in [0.1, 0.15) is 0 Å². The Morgan fingerprint density at radius 3 is 2.09 bits per heavy atom. The van der Waals surface area contributed by atoms with E-state index >= 15 is 0 Å². The number of rotatable bonds is 3. The van der Waals surface area contributed by atoms with Crippen molar-refractivity contribution in [3.05, 3.63) is 46.7 Å². The molecule has 0 fully saturated rings. The number of nitrogens with zero attached hydrogens (tertiary/aromatic N) is 1. The van der Waals surface area contributed by atoms with Crippen molar-refractivity contribution in [2.24, 2.45) is 0 Å². The summed E-state index contributed by atoms with van der Waals surface area (Å²) in [6.45, 7) is 5.49. The number of halogens is 2. The van der Waals surface area contributed by atoms with Gasteiger partial charge in [-0.05, 0) is 6.08 Å². The Kier molecular flexibility index (Phi) is 3.10. The summed E-state index contributed by atoms with van der Waals surface area (Å²) < 4.78 is 24.4. The lowest BCUT2D eigenvalue weighted by Crippen LogP contribution is -2.00. The molecule has 0 spiro atoms. The maximum atomic E-state index is 12.3. The molecule has 0 saturated heterocycles. The monoisotopic (exact) mass is 161 g/mol. The van der Waals surface area contributed by atoms with Crippen LogP contribution in [0.15, 0.2) is 36.6 Å². The first-order chi connectivity index (χ1) is 5.00. The van der Waals surface area contributed by atoms with E-state index in [4.69, 9.17) is 0 Å². The Bertz CT molecular complexity index is 229. The fourth-order valence-electron chi connectivity index (χ4n) is 0.413. The second kappa shape index (κ2) is 3.60. The molecular formula is C6H5F2NO2. The smallest absolute Gasteiger partial charge is 0.258 e. The zero-order chi connectivity index (χ0) is 9.02. The third kappa shape index (κ3) is 2.29. The van der Waals surface area contributed by atoms with E-state index in [-0.39, 0.29) is 0 Å². The molecule has 0 rings (SSSR count). The van der Waals surface area contributed by atoms with E-state index < -0.39 is 22.3 Å². The lowest BCUT2D eigenvalue weighted by Gasteiger charge is -1.92. The molecule has 0 amide bonds. The molecule has 0 aliphatic rings. The predicted octanol–water partition coefficient (Wildman–Crippen LogP) is 2.11. The van der Waals surface area contributed by atoms with Crippen molar-refractivity contribution in [1.82, 2.24) is 0 Å². The number of hydrogen-bond donors (Lipinski definition) is 0. The zero-order valence-electron chi connectivity index (χ0n) is 5.51. The van der Waals surface area contributed by atoms with E-state index in [0.29, 0.717) is 6.08 Å². The van der Waals surface area contributed by atoms with Crippen molar-refractivity contribution < 1.29 is 13.7 Å². The molecule has 0 radical (unpaired) electrons. The van der Waals surface area contributed by atoms with Crippen LogP contribution in [0.3, 0.4) is 0 Å². The van der Waals surface area contributed by atoms with Gasteiger partial charge < -0.3 is 0 Å². The van der Waals surface area contributed by atoms with Crippen molar-refractivity contribution in [2.75, 3.05) is 0 Å². The van der Waals surface area contributed by atoms with Gasteiger partial charge in [-0.3, -0.25) is 10.1 Å². The van der Waals surface area contributed by atoms with Crippen molar-refractivity contribution in [2.45, 2.75) is 0 Å². The molecule has 0 aliphatic carbocycles. The first-order valence-electron chi connectivity index (χ1n) is 2.52. The van der Waals surface area contributed by atoms with Gasteiger partial charge in [-0.2, -0.15) is 8.78 Å². The minimum Gasteiger partial charge on any atom is -0.258 e. The van der Waals surface area contributed by atoms with Crippen LogP contribution in [0.5, 0.6) is 0 Å². The van der Waals surface area contributed by atoms with Gasteiger partial charge in [0.25, 0.3) is 0 Å². The fourth-order valence-corrected chi connectivity index (χ4v) is 0.413. The SMILES string of the molecule is C=C/C(F)=C(\C(=C)F)[N+](=O)[O-]. The molecule has 0 atom stereocenters. The maximum absolute atomic E-state index is 12.3. The molecule has 0 saturated carbocycles. The summed E-state index contributed by atoms with van der Waals surface area (Å²) in [5.74, 6) is -2.75. The number of hydrogen-bond acceptors (Lipinski definition) is 2. The number of nitro groups is 1. The van der Waals surface area contributed by atoms with Gasteiger partial charge in [-0.25, -0.2) is 0 Å². The Morgan fingerprint density at radius 2 is 2.00 bits per heavy atom. The fraction of sp³-hybridized carbons (Fsp3) is 0. The van der Waals surface area contributed by atoms with Crippen molar-refractivity contribution in [3.8, 4) is 0 Å². The third-order valence-electron chi connectivity index (χ3n) is 0.845. The Hall–Kier alpha value is -1.52. The summed E-state index contributed by atoms with van der Waals surface area (Å²) in [4.78, 5) is 8.71. The molecule has 0 aromatic rings. The summed E-state index contributed by atoms with van der Waals surface area (Å²) in [6, 6.07) is 0. The largest absolute Gasteiger partial charge is 0.339 e. The van der Waals surface area contributed by atoms with Crippen molar-refractivity contribution in [3.63, 3.8) is 0 Å². The van der Waals surface area contributed by atoms with Crippen LogP contribution in [0.25, 0.3) is 0 Å². The van der Waals surface area contributed by atoms with Gasteiger partial charge in [0.15, 0.2) is 5.83 Å². The molecule has 0 bridgehead atoms. The minimum atomic E-state index is -1.42. The van der Waals surface area contributed by atoms with E-state index in [1.807, 2.05) is 0 Å². The molecule has 60 valence electrons. The van der Waals surface area contributed by atoms with Gasteiger partial charge in [0, 0.05) is 0 Å². The Morgan fingerprint density at radius 1 is 1.55 bits per heavy atom. The Balaban J connectivity index is 5.04. The number of allylic oxidation sites excluding steroid dienone is 3. The highest BCUT2D eigenvalue weighted by Crippen LogP contribution is 2.16. The van der Waals surface area contributed by atoms with Gasteiger partial charge in [0.2, 0.25) is 5.83 Å². The molecule has 0 unspecified atom stereocenters. The van der Waals surface area contributed by atoms with E-state index in [9.17, 15) is 18.9 Å². The molecule has 0 aromatic heterocycles. The molecule has 0 aliphatic heterocycles. The van der Waals surface area contributed by atoms with Gasteiger partial charge in [-0.1, -0.05) is 13.2 Å². The van der Waals surface area contributed by atoms with Gasteiger partial charge in [-0.15, -0.1) is 0 Å². The van der Waals surface area contributed by atoms with E-state index in [0.717, 1.165) is 0 Å². The molecule has 5 heteroatoms. The molecule has 0 heterocycles. The van der Waals surface area contributed by atoms with Gasteiger partial charge >= 0.3 is 5.70 Å². The van der Waals surface area contributed by atoms with Crippen LogP contribution in [-0.2, 0) is 0 Å². The highest BCUT2D eigenvalue weighted by molar-refractivity contribution is 5.24. The predicted molar refractivity (Wildman–Crippen MR) is 35.6 cm³/mol. The lowest BCUT2D eigenvalue weighted by molar-refractivity contribution is -0.424. The summed E-state index contributed by atoms with van der Waals surface area (Å²) in [5.41, 5.74) is -1.28. The first-order valence-corrected chi connectivity index (χ1v) is 2.52. The normalized spacial score (nSPS) is 11.8. The summed E-state index contributed by atoms with van der Waals surface area (Å²) in [6.07, 6.45) is 0.545. The van der Waals surface area contributed by atoms with Crippen LogP contribution in [0.4, 0.5) is 8.78 Å². The van der Waals surface area contributed by atoms with E-state index in [1.165, 1.54) is 0 Å². The molecular weight excluding hydrogens is 156 g/mol. The third-order valence-corrected chi connectivity index (χ3v) is 0.845. The highest BCUT2D eigenvalue weighted by atomic mass is 19.1. The molecule has 0 aromatic carbocycles. The quantitative estimate of drug-likeness (QED) is 0.361. The van der Waals surface area contributed by atoms with Gasteiger partial charge in [0.05, 0.1) is 4.92 Å². The molecule has 11 heavy (non-hydrogen) atoms. The first kappa shape index (κ1) is 9.48. The summed E-state index contributed by atoms with van der Waals surface area (Å²) >= 11 is 0. The van der Waals surface area contributed by atoms with Crippen molar-refractivity contribution >= 4 is 0 Å². The highest BCUT2D eigenvalue weighted by Gasteiger charge is 2.20. The van der Waals surface area contributed by atoms with E-state index in [1.54, 1.807) is 0 Å². The average molecular weight is 161 g/mol. The lowest BCUT2D eigenvalue weighted by atomic mass is 10.3. The van der Waals surface area contributed by atoms with Crippen LogP contribution in [0.2, 0.25) is 0 Å². The van der Waals surface area contributed by atoms with Crippen molar-refractivity contribution in [1.29, 1.82) is 0 Å². The zero-order valence-corrected chi connectivity index (χ0v) is 5.51. The topological polar surface area (TPSA) is 43.1 Å². The summed E-state index contributed by atoms with van der Waals surface area (Å²) in [5, 5.41) is 9.90. The van der Waals surface area contributed by atoms with Crippen LogP contribution in [0.1, 0.15) is 0 Å². The molecule has 0 N–H and O–H groups in total. The molecule has 3 nitrogen and oxygen atoms in total. The summed E-state index contributed by atoms with van der Waals surface area (Å²) in [7, 11) is 0. The Labute approximate surface area is 61.5 Å². The van der Waals surface area contributed by atoms with Crippen LogP contribution in [0, 0.1) is 10.1 Å². The van der Waals surface area contributed by atoms with Crippen LogP contribution in [-0.4, -0.2) is 4.92 Å². The average Bonchev–Trinajstić information content (AvgIpc) is 1.85. The standard InChI is InChI=1S/C6H5F2NO2/c1-3-5(8)6(4(2)7)9(10)11/h3H,1-2H2/b6-5-. The second-order valence-electron chi connectivity index (χ2n) is 1.56. The van der Waals surface area contributed by atoms with E-state index in [2.05, 4.69) is 13.2 Å². The minimum absolute atomic E-state index is 0.545. The van der Waals surface area contributed by atoms with Crippen LogP contribution < -0.4 is 0 Å².